The molecule has 0 bridgehead atoms. The summed E-state index contributed by atoms with van der Waals surface area (Å²) >= 11 is 6.07. The Kier molecular flexibility index (Phi) is 5.59. The van der Waals surface area contributed by atoms with Gasteiger partial charge in [0.2, 0.25) is 10.0 Å². The van der Waals surface area contributed by atoms with Crippen LogP contribution in [-0.2, 0) is 10.0 Å². The van der Waals surface area contributed by atoms with Crippen LogP contribution in [0.15, 0.2) is 45.7 Å². The fourth-order valence-electron chi connectivity index (χ4n) is 2.70. The van der Waals surface area contributed by atoms with Crippen molar-refractivity contribution in [3.05, 3.63) is 47.0 Å². The van der Waals surface area contributed by atoms with Crippen molar-refractivity contribution in [2.24, 2.45) is 0 Å². The molecule has 0 radical (unpaired) electrons. The van der Waals surface area contributed by atoms with E-state index in [-0.39, 0.29) is 27.2 Å². The number of hydrogen-bond acceptors (Lipinski definition) is 7. The highest BCUT2D eigenvalue weighted by Crippen LogP contribution is 2.29. The smallest absolute Gasteiger partial charge is 0.300 e. The third-order valence-corrected chi connectivity index (χ3v) is 6.52. The van der Waals surface area contributed by atoms with E-state index >= 15 is 0 Å². The van der Waals surface area contributed by atoms with Gasteiger partial charge in [-0.1, -0.05) is 31.5 Å². The van der Waals surface area contributed by atoms with Crippen LogP contribution in [0.5, 0.6) is 0 Å². The lowest BCUT2D eigenvalue weighted by molar-refractivity contribution is -0.255. The fraction of sp³-hybridized carbons (Fsp3) is 0.222. The zero-order chi connectivity index (χ0) is 20.5. The summed E-state index contributed by atoms with van der Waals surface area (Å²) in [7, 11) is -3.63. The number of aromatic carboxylic acids is 1. The topological polar surface area (TPSA) is 116 Å². The van der Waals surface area contributed by atoms with Gasteiger partial charge >= 0.3 is 0 Å². The van der Waals surface area contributed by atoms with Gasteiger partial charge in [0.05, 0.1) is 21.6 Å². The third-order valence-electron chi connectivity index (χ3n) is 4.15. The molecule has 0 spiro atoms. The van der Waals surface area contributed by atoms with Gasteiger partial charge < -0.3 is 19.6 Å². The molecule has 2 aromatic carbocycles. The maximum absolute atomic E-state index is 12.7. The lowest BCUT2D eigenvalue weighted by Crippen LogP contribution is -2.30. The summed E-state index contributed by atoms with van der Waals surface area (Å²) in [5.74, 6) is -1.34. The van der Waals surface area contributed by atoms with Gasteiger partial charge in [0.25, 0.3) is 6.01 Å². The second-order valence-corrected chi connectivity index (χ2v) is 8.19. The first-order valence-electron chi connectivity index (χ1n) is 8.45. The molecule has 3 rings (SSSR count). The molecule has 0 aliphatic carbocycles. The largest absolute Gasteiger partial charge is 0.545 e. The number of fused-ring (bicyclic) bond motifs is 1. The number of oxazole rings is 1. The van der Waals surface area contributed by atoms with Crippen molar-refractivity contribution in [1.29, 1.82) is 0 Å². The predicted octanol–water partition coefficient (Wildman–Crippen LogP) is 2.62. The summed E-state index contributed by atoms with van der Waals surface area (Å²) in [6.07, 6.45) is 0. The van der Waals surface area contributed by atoms with Crippen LogP contribution in [0, 0.1) is 0 Å². The first-order chi connectivity index (χ1) is 13.3. The van der Waals surface area contributed by atoms with Crippen LogP contribution in [0.3, 0.4) is 0 Å². The molecule has 0 aliphatic rings. The molecule has 1 N–H and O–H groups in total. The van der Waals surface area contributed by atoms with Crippen LogP contribution >= 0.6 is 11.6 Å². The minimum atomic E-state index is -3.63. The number of halogens is 1. The Labute approximate surface area is 166 Å². The molecule has 1 aromatic heterocycles. The zero-order valence-corrected chi connectivity index (χ0v) is 16.7. The van der Waals surface area contributed by atoms with Gasteiger partial charge in [0.15, 0.2) is 5.58 Å². The monoisotopic (exact) mass is 422 g/mol. The van der Waals surface area contributed by atoms with Crippen molar-refractivity contribution in [2.45, 2.75) is 18.7 Å². The number of carboxylic acid groups (broad SMARTS) is 1. The Morgan fingerprint density at radius 1 is 1.21 bits per heavy atom. The molecule has 28 heavy (non-hydrogen) atoms. The van der Waals surface area contributed by atoms with Gasteiger partial charge in [0.1, 0.15) is 5.52 Å². The molecule has 0 atom stereocenters. The quantitative estimate of drug-likeness (QED) is 0.622. The van der Waals surface area contributed by atoms with E-state index in [1.807, 2.05) is 0 Å². The summed E-state index contributed by atoms with van der Waals surface area (Å²) < 4.78 is 32.2. The Bertz CT molecular complexity index is 1140. The van der Waals surface area contributed by atoms with Crippen LogP contribution in [0.2, 0.25) is 5.02 Å². The van der Waals surface area contributed by atoms with Gasteiger partial charge in [-0.25, -0.2) is 8.42 Å². The number of rotatable bonds is 7. The van der Waals surface area contributed by atoms with Crippen LogP contribution in [0.1, 0.15) is 24.2 Å². The van der Waals surface area contributed by atoms with Gasteiger partial charge in [0, 0.05) is 13.1 Å². The minimum absolute atomic E-state index is 0.0461. The number of hydrogen-bond donors (Lipinski definition) is 1. The molecule has 0 fully saturated rings. The molecule has 0 aliphatic heterocycles. The standard InChI is InChI=1S/C18H18ClN3O5S/c1-3-22(4-2)28(25,26)12-6-8-16-15(10-12)21-18(27-16)20-14-9-11(17(23)24)5-7-13(14)19/h5-10H,3-4H2,1-2H3,(H,20,21)(H,23,24)/p-1. The molecule has 0 saturated heterocycles. The SMILES string of the molecule is CCN(CC)S(=O)(=O)c1ccc2oc(Nc3cc(C(=O)[O-])ccc3Cl)nc2c1. The predicted molar refractivity (Wildman–Crippen MR) is 103 cm³/mol. The van der Waals surface area contributed by atoms with E-state index in [0.717, 1.165) is 0 Å². The van der Waals surface area contributed by atoms with Gasteiger partial charge in [-0.15, -0.1) is 0 Å². The Morgan fingerprint density at radius 3 is 2.57 bits per heavy atom. The molecular weight excluding hydrogens is 406 g/mol. The lowest BCUT2D eigenvalue weighted by Gasteiger charge is -2.18. The average Bonchev–Trinajstić information content (AvgIpc) is 3.05. The molecule has 8 nitrogen and oxygen atoms in total. The minimum Gasteiger partial charge on any atom is -0.545 e. The second-order valence-electron chi connectivity index (χ2n) is 5.84. The maximum atomic E-state index is 12.7. The van der Waals surface area contributed by atoms with E-state index in [1.165, 1.54) is 40.7 Å². The van der Waals surface area contributed by atoms with Crippen molar-refractivity contribution in [3.63, 3.8) is 0 Å². The number of nitrogens with one attached hydrogen (secondary N) is 1. The Morgan fingerprint density at radius 2 is 1.93 bits per heavy atom. The summed E-state index contributed by atoms with van der Waals surface area (Å²) in [5.41, 5.74) is 0.914. The number of benzene rings is 2. The van der Waals surface area contributed by atoms with Crippen LogP contribution < -0.4 is 10.4 Å². The molecule has 1 heterocycles. The van der Waals surface area contributed by atoms with Crippen LogP contribution in [0.25, 0.3) is 11.1 Å². The van der Waals surface area contributed by atoms with E-state index in [1.54, 1.807) is 13.8 Å². The van der Waals surface area contributed by atoms with Crippen molar-refractivity contribution in [1.82, 2.24) is 9.29 Å². The molecule has 148 valence electrons. The van der Waals surface area contributed by atoms with E-state index in [4.69, 9.17) is 16.0 Å². The normalized spacial score (nSPS) is 11.9. The number of carbonyl (C=O) groups excluding carboxylic acids is 1. The lowest BCUT2D eigenvalue weighted by atomic mass is 10.2. The highest BCUT2D eigenvalue weighted by Gasteiger charge is 2.22. The molecule has 0 saturated carbocycles. The van der Waals surface area contributed by atoms with Gasteiger partial charge in [-0.2, -0.15) is 9.29 Å². The molecule has 0 amide bonds. The van der Waals surface area contributed by atoms with Crippen molar-refractivity contribution in [3.8, 4) is 0 Å². The summed E-state index contributed by atoms with van der Waals surface area (Å²) in [4.78, 5) is 15.3. The Balaban J connectivity index is 1.96. The van der Waals surface area contributed by atoms with E-state index in [2.05, 4.69) is 10.3 Å². The van der Waals surface area contributed by atoms with Gasteiger partial charge in [-0.05, 0) is 35.9 Å². The maximum Gasteiger partial charge on any atom is 0.300 e. The molecular formula is C18H17ClN3O5S-. The number of sulfonamides is 1. The number of carboxylic acids is 1. The Hall–Kier alpha value is -2.62. The molecule has 3 aromatic rings. The summed E-state index contributed by atoms with van der Waals surface area (Å²) in [6, 6.07) is 8.47. The van der Waals surface area contributed by atoms with Crippen molar-refractivity contribution in [2.75, 3.05) is 18.4 Å². The first-order valence-corrected chi connectivity index (χ1v) is 10.3. The van der Waals surface area contributed by atoms with Crippen LogP contribution in [-0.4, -0.2) is 36.8 Å². The number of nitrogens with zero attached hydrogens (tertiary/aromatic N) is 2. The molecule has 10 heteroatoms. The summed E-state index contributed by atoms with van der Waals surface area (Å²) in [5, 5.41) is 14.1. The molecule has 0 unspecified atom stereocenters. The van der Waals surface area contributed by atoms with Crippen LogP contribution in [0.4, 0.5) is 11.7 Å². The highest BCUT2D eigenvalue weighted by molar-refractivity contribution is 7.89. The highest BCUT2D eigenvalue weighted by atomic mass is 35.5. The van der Waals surface area contributed by atoms with Gasteiger partial charge in [-0.3, -0.25) is 0 Å². The van der Waals surface area contributed by atoms with E-state index < -0.39 is 16.0 Å². The van der Waals surface area contributed by atoms with E-state index in [0.29, 0.717) is 24.2 Å². The fourth-order valence-corrected chi connectivity index (χ4v) is 4.34. The summed E-state index contributed by atoms with van der Waals surface area (Å²) in [6.45, 7) is 4.25. The number of anilines is 2. The number of carbonyl (C=O) groups is 1. The number of aromatic nitrogens is 1. The van der Waals surface area contributed by atoms with Crippen molar-refractivity contribution < 1.29 is 22.7 Å². The second kappa shape index (κ2) is 7.78. The zero-order valence-electron chi connectivity index (χ0n) is 15.1. The first kappa shape index (κ1) is 20.1. The van der Waals surface area contributed by atoms with E-state index in [9.17, 15) is 18.3 Å². The van der Waals surface area contributed by atoms with Crippen molar-refractivity contribution >= 4 is 50.4 Å². The third kappa shape index (κ3) is 3.82. The average molecular weight is 423 g/mol.